The van der Waals surface area contributed by atoms with Crippen LogP contribution in [-0.4, -0.2) is 82.4 Å². The molecule has 1 aliphatic heterocycles. The minimum absolute atomic E-state index is 0.0419. The van der Waals surface area contributed by atoms with Crippen molar-refractivity contribution in [3.05, 3.63) is 72.0 Å². The number of carbonyl (C=O) groups is 1. The molecule has 1 aromatic heterocycles. The minimum Gasteiger partial charge on any atom is -0.383 e. The second kappa shape index (κ2) is 11.9. The van der Waals surface area contributed by atoms with E-state index in [0.29, 0.717) is 28.8 Å². The first-order valence-corrected chi connectivity index (χ1v) is 14.8. The quantitative estimate of drug-likeness (QED) is 0.272. The first kappa shape index (κ1) is 28.5. The summed E-state index contributed by atoms with van der Waals surface area (Å²) in [6.07, 6.45) is 0. The van der Waals surface area contributed by atoms with Crippen molar-refractivity contribution in [2.75, 3.05) is 62.5 Å². The smallest absolute Gasteiger partial charge is 0.258 e. The van der Waals surface area contributed by atoms with Crippen LogP contribution in [-0.2, 0) is 14.6 Å². The van der Waals surface area contributed by atoms with Crippen molar-refractivity contribution in [1.29, 1.82) is 0 Å². The van der Waals surface area contributed by atoms with E-state index < -0.39 is 21.6 Å². The van der Waals surface area contributed by atoms with E-state index in [1.807, 2.05) is 19.1 Å². The Morgan fingerprint density at radius 2 is 1.83 bits per heavy atom. The molecule has 1 unspecified atom stereocenters. The molecule has 1 fully saturated rings. The molecule has 0 spiro atoms. The van der Waals surface area contributed by atoms with Crippen LogP contribution in [0.4, 0.5) is 21.6 Å². The van der Waals surface area contributed by atoms with Gasteiger partial charge >= 0.3 is 0 Å². The number of amides is 1. The third-order valence-corrected chi connectivity index (χ3v) is 8.87. The molecule has 1 atom stereocenters. The van der Waals surface area contributed by atoms with Crippen LogP contribution in [0.25, 0.3) is 10.9 Å². The second-order valence-corrected chi connectivity index (χ2v) is 12.2. The van der Waals surface area contributed by atoms with Crippen molar-refractivity contribution in [3.8, 4) is 0 Å². The molecule has 12 heteroatoms. The fourth-order valence-corrected chi connectivity index (χ4v) is 6.19. The van der Waals surface area contributed by atoms with E-state index in [9.17, 15) is 17.6 Å². The Labute approximate surface area is 238 Å². The Balaban J connectivity index is 1.45. The van der Waals surface area contributed by atoms with Crippen LogP contribution in [0.1, 0.15) is 17.3 Å². The van der Waals surface area contributed by atoms with Gasteiger partial charge in [-0.3, -0.25) is 9.89 Å². The molecule has 216 valence electrons. The van der Waals surface area contributed by atoms with Crippen LogP contribution < -0.4 is 15.5 Å². The molecule has 41 heavy (non-hydrogen) atoms. The lowest BCUT2D eigenvalue weighted by atomic mass is 10.1. The molecule has 0 saturated carbocycles. The number of rotatable bonds is 9. The Bertz CT molecular complexity index is 1670. The third-order valence-electron chi connectivity index (χ3n) is 7.12. The van der Waals surface area contributed by atoms with Gasteiger partial charge in [0.05, 0.1) is 27.5 Å². The number of nitrogens with one attached hydrogen (secondary N) is 3. The zero-order valence-corrected chi connectivity index (χ0v) is 24.0. The number of fused-ring (bicyclic) bond motifs is 1. The first-order valence-electron chi connectivity index (χ1n) is 13.3. The van der Waals surface area contributed by atoms with Gasteiger partial charge in [-0.2, -0.15) is 5.10 Å². The lowest BCUT2D eigenvalue weighted by Crippen LogP contribution is -2.44. The average molecular weight is 581 g/mol. The average Bonchev–Trinajstić information content (AvgIpc) is 3.35. The van der Waals surface area contributed by atoms with Crippen molar-refractivity contribution in [2.45, 2.75) is 22.8 Å². The third kappa shape index (κ3) is 6.19. The number of ether oxygens (including phenoxy) is 1. The Morgan fingerprint density at radius 1 is 1.07 bits per heavy atom. The number of hydrogen-bond donors (Lipinski definition) is 3. The Hall–Kier alpha value is -4.00. The number of halogens is 1. The molecule has 0 aliphatic carbocycles. The summed E-state index contributed by atoms with van der Waals surface area (Å²) in [4.78, 5) is 17.9. The van der Waals surface area contributed by atoms with Crippen molar-refractivity contribution in [3.63, 3.8) is 0 Å². The molecule has 1 saturated heterocycles. The van der Waals surface area contributed by atoms with E-state index in [1.54, 1.807) is 19.2 Å². The number of methoxy groups -OCH3 is 1. The summed E-state index contributed by atoms with van der Waals surface area (Å²) < 4.78 is 45.4. The summed E-state index contributed by atoms with van der Waals surface area (Å²) >= 11 is 0. The normalized spacial score (nSPS) is 15.2. The molecule has 2 heterocycles. The SMILES string of the molecule is COCC(C)Nc1cc(N2CCN(C)CC2)ccc1C(=O)Nc1n[nH]c2ccc(S(=O)(=O)c3cccc(F)c3)cc12. The van der Waals surface area contributed by atoms with Gasteiger partial charge in [-0.05, 0) is 68.6 Å². The van der Waals surface area contributed by atoms with Crippen LogP contribution in [0.3, 0.4) is 0 Å². The highest BCUT2D eigenvalue weighted by Crippen LogP contribution is 2.30. The number of aromatic nitrogens is 2. The van der Waals surface area contributed by atoms with Gasteiger partial charge in [-0.1, -0.05) is 6.07 Å². The summed E-state index contributed by atoms with van der Waals surface area (Å²) in [7, 11) is -0.274. The summed E-state index contributed by atoms with van der Waals surface area (Å²) in [5.41, 5.74) is 2.61. The fourth-order valence-electron chi connectivity index (χ4n) is 4.87. The van der Waals surface area contributed by atoms with Crippen LogP contribution >= 0.6 is 0 Å². The fraction of sp³-hybridized carbons (Fsp3) is 0.310. The number of aromatic amines is 1. The van der Waals surface area contributed by atoms with E-state index in [1.165, 1.54) is 30.3 Å². The largest absolute Gasteiger partial charge is 0.383 e. The number of nitrogens with zero attached hydrogens (tertiary/aromatic N) is 3. The van der Waals surface area contributed by atoms with Crippen molar-refractivity contribution < 1.29 is 22.3 Å². The van der Waals surface area contributed by atoms with Gasteiger partial charge in [-0.25, -0.2) is 12.8 Å². The predicted octanol–water partition coefficient (Wildman–Crippen LogP) is 3.99. The Kier molecular flexibility index (Phi) is 8.25. The molecule has 4 aromatic rings. The number of sulfone groups is 1. The van der Waals surface area contributed by atoms with Gasteiger partial charge in [-0.15, -0.1) is 0 Å². The van der Waals surface area contributed by atoms with Crippen LogP contribution in [0.2, 0.25) is 0 Å². The van der Waals surface area contributed by atoms with E-state index in [4.69, 9.17) is 4.74 Å². The van der Waals surface area contributed by atoms with Crippen LogP contribution in [0.5, 0.6) is 0 Å². The molecular weight excluding hydrogens is 547 g/mol. The molecule has 10 nitrogen and oxygen atoms in total. The number of H-pyrrole nitrogens is 1. The first-order chi connectivity index (χ1) is 19.7. The number of likely N-dealkylation sites (N-methyl/N-ethyl adjacent to an activating group) is 1. The van der Waals surface area contributed by atoms with Gasteiger partial charge in [0, 0.05) is 56.1 Å². The lowest BCUT2D eigenvalue weighted by Gasteiger charge is -2.34. The summed E-state index contributed by atoms with van der Waals surface area (Å²) in [5.74, 6) is -0.875. The molecule has 3 aromatic carbocycles. The minimum atomic E-state index is -4.00. The lowest BCUT2D eigenvalue weighted by molar-refractivity contribution is 0.102. The zero-order chi connectivity index (χ0) is 29.1. The second-order valence-electron chi connectivity index (χ2n) is 10.2. The van der Waals surface area contributed by atoms with Gasteiger partial charge in [0.1, 0.15) is 5.82 Å². The highest BCUT2D eigenvalue weighted by atomic mass is 32.2. The molecule has 0 bridgehead atoms. The number of piperazine rings is 1. The number of anilines is 3. The van der Waals surface area contributed by atoms with Gasteiger partial charge in [0.25, 0.3) is 5.91 Å². The van der Waals surface area contributed by atoms with Crippen LogP contribution in [0, 0.1) is 5.82 Å². The molecule has 5 rings (SSSR count). The van der Waals surface area contributed by atoms with Crippen LogP contribution in [0.15, 0.2) is 70.5 Å². The molecule has 3 N–H and O–H groups in total. The molecule has 0 radical (unpaired) electrons. The summed E-state index contributed by atoms with van der Waals surface area (Å²) in [6.45, 7) is 6.09. The monoisotopic (exact) mass is 580 g/mol. The predicted molar refractivity (Wildman–Crippen MR) is 157 cm³/mol. The van der Waals surface area contributed by atoms with Crippen molar-refractivity contribution >= 4 is 43.8 Å². The van der Waals surface area contributed by atoms with Gasteiger partial charge in [0.2, 0.25) is 9.84 Å². The number of benzene rings is 3. The maximum atomic E-state index is 13.7. The van der Waals surface area contributed by atoms with Crippen molar-refractivity contribution in [2.24, 2.45) is 0 Å². The Morgan fingerprint density at radius 3 is 2.56 bits per heavy atom. The summed E-state index contributed by atoms with van der Waals surface area (Å²) in [6, 6.07) is 14.9. The van der Waals surface area contributed by atoms with E-state index in [2.05, 4.69) is 37.7 Å². The number of hydrogen-bond acceptors (Lipinski definition) is 8. The highest BCUT2D eigenvalue weighted by molar-refractivity contribution is 7.91. The van der Waals surface area contributed by atoms with E-state index in [-0.39, 0.29) is 21.7 Å². The van der Waals surface area contributed by atoms with Crippen molar-refractivity contribution in [1.82, 2.24) is 15.1 Å². The van der Waals surface area contributed by atoms with E-state index >= 15 is 0 Å². The molecule has 1 amide bonds. The topological polar surface area (TPSA) is 120 Å². The highest BCUT2D eigenvalue weighted by Gasteiger charge is 2.22. The zero-order valence-electron chi connectivity index (χ0n) is 23.1. The molecule has 1 aliphatic rings. The maximum Gasteiger partial charge on any atom is 0.258 e. The summed E-state index contributed by atoms with van der Waals surface area (Å²) in [5, 5.41) is 13.7. The van der Waals surface area contributed by atoms with E-state index in [0.717, 1.165) is 37.9 Å². The maximum absolute atomic E-state index is 13.7. The molecular formula is C29H33FN6O4S. The van der Waals surface area contributed by atoms with Gasteiger partial charge < -0.3 is 25.2 Å². The standard InChI is InChI=1S/C29H33FN6O4S/c1-19(18-40-3)31-27-16-21(36-13-11-35(2)12-14-36)7-9-24(27)29(37)32-28-25-17-23(8-10-26(25)33-34-28)41(38,39)22-6-4-5-20(30)15-22/h4-10,15-17,19,31H,11-14,18H2,1-3H3,(H2,32,33,34,37). The number of carbonyl (C=O) groups excluding carboxylic acids is 1. The van der Waals surface area contributed by atoms with Gasteiger partial charge in [0.15, 0.2) is 5.82 Å².